The second kappa shape index (κ2) is 8.26. The van der Waals surface area contributed by atoms with Crippen molar-refractivity contribution in [3.63, 3.8) is 0 Å². The predicted octanol–water partition coefficient (Wildman–Crippen LogP) is 4.32. The number of halogens is 1. The van der Waals surface area contributed by atoms with Crippen LogP contribution in [0.15, 0.2) is 53.4 Å². The first-order chi connectivity index (χ1) is 14.3. The summed E-state index contributed by atoms with van der Waals surface area (Å²) in [7, 11) is -2.07. The van der Waals surface area contributed by atoms with Gasteiger partial charge in [-0.15, -0.1) is 11.3 Å². The topological polar surface area (TPSA) is 70.6 Å². The number of carbonyl (C=O) groups is 1. The van der Waals surface area contributed by atoms with Gasteiger partial charge >= 0.3 is 0 Å². The van der Waals surface area contributed by atoms with E-state index in [0.29, 0.717) is 24.4 Å². The molecule has 1 fully saturated rings. The molecule has 1 aliphatic heterocycles. The van der Waals surface area contributed by atoms with Crippen LogP contribution in [0.2, 0.25) is 5.02 Å². The van der Waals surface area contributed by atoms with Gasteiger partial charge in [0.15, 0.2) is 0 Å². The number of carbonyl (C=O) groups excluding carboxylic acids is 1. The van der Waals surface area contributed by atoms with E-state index >= 15 is 0 Å². The van der Waals surface area contributed by atoms with Gasteiger partial charge in [-0.1, -0.05) is 23.7 Å². The molecule has 0 saturated carbocycles. The molecule has 2 unspecified atom stereocenters. The Morgan fingerprint density at radius 1 is 1.23 bits per heavy atom. The van der Waals surface area contributed by atoms with Gasteiger partial charge in [-0.25, -0.2) is 13.4 Å². The molecular weight excluding hydrogens is 442 g/mol. The van der Waals surface area contributed by atoms with Crippen molar-refractivity contribution >= 4 is 49.1 Å². The van der Waals surface area contributed by atoms with Gasteiger partial charge in [0.25, 0.3) is 0 Å². The zero-order valence-corrected chi connectivity index (χ0v) is 19.0. The third kappa shape index (κ3) is 3.85. The second-order valence-corrected chi connectivity index (χ2v) is 10.8. The Labute approximate surface area is 185 Å². The molecule has 3 aromatic rings. The van der Waals surface area contributed by atoms with Gasteiger partial charge in [-0.2, -0.15) is 4.31 Å². The molecule has 0 bridgehead atoms. The Kier molecular flexibility index (Phi) is 5.85. The summed E-state index contributed by atoms with van der Waals surface area (Å²) in [5.74, 6) is -0.211. The van der Waals surface area contributed by atoms with E-state index in [-0.39, 0.29) is 16.8 Å². The molecule has 1 saturated heterocycles. The van der Waals surface area contributed by atoms with Crippen molar-refractivity contribution in [3.8, 4) is 0 Å². The van der Waals surface area contributed by atoms with Crippen LogP contribution >= 0.6 is 22.9 Å². The highest BCUT2D eigenvalue weighted by molar-refractivity contribution is 7.89. The lowest BCUT2D eigenvalue weighted by molar-refractivity contribution is -0.135. The van der Waals surface area contributed by atoms with Crippen LogP contribution in [0.25, 0.3) is 10.2 Å². The summed E-state index contributed by atoms with van der Waals surface area (Å²) in [6.07, 6.45) is 1.15. The largest absolute Gasteiger partial charge is 0.335 e. The van der Waals surface area contributed by atoms with Crippen molar-refractivity contribution in [1.82, 2.24) is 14.2 Å². The van der Waals surface area contributed by atoms with Crippen LogP contribution in [0.3, 0.4) is 0 Å². The van der Waals surface area contributed by atoms with Crippen molar-refractivity contribution in [2.24, 2.45) is 0 Å². The Morgan fingerprint density at radius 2 is 1.93 bits per heavy atom. The van der Waals surface area contributed by atoms with E-state index in [9.17, 15) is 13.2 Å². The number of nitrogens with zero attached hydrogens (tertiary/aromatic N) is 3. The summed E-state index contributed by atoms with van der Waals surface area (Å²) in [4.78, 5) is 19.7. The third-order valence-electron chi connectivity index (χ3n) is 5.51. The molecular formula is C21H22ClN3O3S2. The number of amides is 1. The van der Waals surface area contributed by atoms with Crippen LogP contribution in [0.1, 0.15) is 30.8 Å². The van der Waals surface area contributed by atoms with Crippen molar-refractivity contribution in [2.45, 2.75) is 36.7 Å². The molecule has 0 aliphatic carbocycles. The van der Waals surface area contributed by atoms with Crippen LogP contribution in [0, 0.1) is 0 Å². The summed E-state index contributed by atoms with van der Waals surface area (Å²) in [6, 6.07) is 12.9. The van der Waals surface area contributed by atoms with Crippen molar-refractivity contribution in [3.05, 3.63) is 58.6 Å². The number of hydrogen-bond donors (Lipinski definition) is 0. The van der Waals surface area contributed by atoms with Crippen molar-refractivity contribution in [2.75, 3.05) is 13.6 Å². The highest BCUT2D eigenvalue weighted by Gasteiger charge is 2.41. The molecule has 0 radical (unpaired) electrons. The van der Waals surface area contributed by atoms with Crippen LogP contribution in [-0.2, 0) is 14.8 Å². The van der Waals surface area contributed by atoms with Crippen LogP contribution in [-0.4, -0.2) is 48.1 Å². The van der Waals surface area contributed by atoms with Gasteiger partial charge in [0.05, 0.1) is 21.2 Å². The van der Waals surface area contributed by atoms with Gasteiger partial charge in [0, 0.05) is 18.6 Å². The molecule has 2 aromatic carbocycles. The lowest BCUT2D eigenvalue weighted by Crippen LogP contribution is -2.47. The average molecular weight is 464 g/mol. The van der Waals surface area contributed by atoms with Crippen molar-refractivity contribution < 1.29 is 13.2 Å². The van der Waals surface area contributed by atoms with Crippen LogP contribution < -0.4 is 0 Å². The van der Waals surface area contributed by atoms with Crippen LogP contribution in [0.4, 0.5) is 0 Å². The first-order valence-corrected chi connectivity index (χ1v) is 12.3. The number of likely N-dealkylation sites (N-methyl/N-ethyl adjacent to an activating group) is 1. The molecule has 6 nitrogen and oxygen atoms in total. The fraction of sp³-hybridized carbons (Fsp3) is 0.333. The smallest absolute Gasteiger partial charge is 0.243 e. The molecule has 2 atom stereocenters. The maximum Gasteiger partial charge on any atom is 0.243 e. The molecule has 1 aliphatic rings. The molecule has 158 valence electrons. The van der Waals surface area contributed by atoms with E-state index < -0.39 is 16.1 Å². The molecule has 2 heterocycles. The molecule has 4 rings (SSSR count). The fourth-order valence-electron chi connectivity index (χ4n) is 3.68. The first kappa shape index (κ1) is 21.2. The Balaban J connectivity index is 1.57. The standard InChI is InChI=1S/C21H22ClN3O3S2/c1-14(20-23-17-6-3-4-8-19(17)29-20)24(2)21(26)18-7-5-13-25(18)30(27,28)16-11-9-15(22)10-12-16/h3-4,6,8-12,14,18H,5,7,13H2,1-2H3. The number of rotatable bonds is 5. The highest BCUT2D eigenvalue weighted by atomic mass is 35.5. The number of fused-ring (bicyclic) bond motifs is 1. The van der Waals surface area contributed by atoms with E-state index in [1.165, 1.54) is 16.4 Å². The summed E-state index contributed by atoms with van der Waals surface area (Å²) < 4.78 is 28.7. The zero-order chi connectivity index (χ0) is 21.5. The Bertz CT molecular complexity index is 1140. The number of thiazole rings is 1. The monoisotopic (exact) mass is 463 g/mol. The molecule has 1 aromatic heterocycles. The number of sulfonamides is 1. The fourth-order valence-corrected chi connectivity index (χ4v) is 6.52. The van der Waals surface area contributed by atoms with Gasteiger partial charge in [-0.05, 0) is 56.2 Å². The molecule has 0 spiro atoms. The van der Waals surface area contributed by atoms with E-state index in [2.05, 4.69) is 4.98 Å². The average Bonchev–Trinajstić information content (AvgIpc) is 3.40. The maximum atomic E-state index is 13.3. The van der Waals surface area contributed by atoms with Gasteiger partial charge in [-0.3, -0.25) is 4.79 Å². The number of aromatic nitrogens is 1. The summed E-state index contributed by atoms with van der Waals surface area (Å²) >= 11 is 7.44. The Morgan fingerprint density at radius 3 is 2.63 bits per heavy atom. The minimum Gasteiger partial charge on any atom is -0.335 e. The minimum absolute atomic E-state index is 0.147. The first-order valence-electron chi connectivity index (χ1n) is 9.68. The van der Waals surface area contributed by atoms with E-state index in [1.54, 1.807) is 35.4 Å². The van der Waals surface area contributed by atoms with E-state index in [0.717, 1.165) is 15.2 Å². The second-order valence-electron chi connectivity index (χ2n) is 7.37. The zero-order valence-electron chi connectivity index (χ0n) is 16.7. The number of hydrogen-bond acceptors (Lipinski definition) is 5. The van der Waals surface area contributed by atoms with E-state index in [1.807, 2.05) is 31.2 Å². The third-order valence-corrected chi connectivity index (χ3v) is 8.89. The lowest BCUT2D eigenvalue weighted by Gasteiger charge is -2.30. The molecule has 30 heavy (non-hydrogen) atoms. The quantitative estimate of drug-likeness (QED) is 0.564. The summed E-state index contributed by atoms with van der Waals surface area (Å²) in [5, 5.41) is 1.30. The highest BCUT2D eigenvalue weighted by Crippen LogP contribution is 2.32. The van der Waals surface area contributed by atoms with Crippen LogP contribution in [0.5, 0.6) is 0 Å². The lowest BCUT2D eigenvalue weighted by atomic mass is 10.2. The molecule has 0 N–H and O–H groups in total. The van der Waals surface area contributed by atoms with Crippen molar-refractivity contribution in [1.29, 1.82) is 0 Å². The summed E-state index contributed by atoms with van der Waals surface area (Å²) in [6.45, 7) is 2.24. The number of para-hydroxylation sites is 1. The Hall–Kier alpha value is -2.00. The van der Waals surface area contributed by atoms with Gasteiger partial charge in [0.2, 0.25) is 15.9 Å². The normalized spacial score (nSPS) is 18.6. The van der Waals surface area contributed by atoms with Gasteiger partial charge < -0.3 is 4.90 Å². The van der Waals surface area contributed by atoms with Gasteiger partial charge in [0.1, 0.15) is 11.0 Å². The van der Waals surface area contributed by atoms with E-state index in [4.69, 9.17) is 11.6 Å². The maximum absolute atomic E-state index is 13.3. The SMILES string of the molecule is CC(c1nc2ccccc2s1)N(C)C(=O)C1CCCN1S(=O)(=O)c1ccc(Cl)cc1. The molecule has 9 heteroatoms. The number of benzene rings is 2. The predicted molar refractivity (Wildman–Crippen MR) is 119 cm³/mol. The minimum atomic E-state index is -3.78. The molecule has 1 amide bonds. The summed E-state index contributed by atoms with van der Waals surface area (Å²) in [5.41, 5.74) is 0.901.